The van der Waals surface area contributed by atoms with Crippen LogP contribution in [0.1, 0.15) is 53.3 Å². The van der Waals surface area contributed by atoms with Crippen molar-refractivity contribution in [1.82, 2.24) is 10.6 Å². The molecule has 0 spiro atoms. The van der Waals surface area contributed by atoms with E-state index in [1.807, 2.05) is 54.6 Å². The Labute approximate surface area is 232 Å². The summed E-state index contributed by atoms with van der Waals surface area (Å²) in [5.74, 6) is -0.212. The van der Waals surface area contributed by atoms with Gasteiger partial charge in [-0.05, 0) is 47.9 Å². The van der Waals surface area contributed by atoms with E-state index in [1.54, 1.807) is 37.4 Å². The molecule has 202 valence electrons. The first kappa shape index (κ1) is 27.0. The van der Waals surface area contributed by atoms with Crippen LogP contribution in [0.3, 0.4) is 0 Å². The van der Waals surface area contributed by atoms with E-state index in [0.29, 0.717) is 24.1 Å². The summed E-state index contributed by atoms with van der Waals surface area (Å²) in [5.41, 5.74) is 3.39. The van der Waals surface area contributed by atoms with Gasteiger partial charge in [0.05, 0.1) is 19.3 Å². The van der Waals surface area contributed by atoms with Crippen molar-refractivity contribution in [2.45, 2.75) is 25.1 Å². The molecule has 0 aliphatic heterocycles. The van der Waals surface area contributed by atoms with Crippen LogP contribution < -0.4 is 15.4 Å². The molecule has 40 heavy (non-hydrogen) atoms. The molecule has 4 aromatic carbocycles. The average Bonchev–Trinajstić information content (AvgIpc) is 2.99. The predicted octanol–water partition coefficient (Wildman–Crippen LogP) is 3.96. The third kappa shape index (κ3) is 5.86. The van der Waals surface area contributed by atoms with E-state index in [9.17, 15) is 19.5 Å². The Morgan fingerprint density at radius 1 is 0.775 bits per heavy atom. The van der Waals surface area contributed by atoms with Crippen LogP contribution >= 0.6 is 0 Å². The van der Waals surface area contributed by atoms with E-state index in [-0.39, 0.29) is 34.8 Å². The molecule has 4 aromatic rings. The number of hydrogen-bond acceptors (Lipinski definition) is 6. The molecule has 7 nitrogen and oxygen atoms in total. The second-order valence-electron chi connectivity index (χ2n) is 9.78. The smallest absolute Gasteiger partial charge is 0.251 e. The lowest BCUT2D eigenvalue weighted by atomic mass is 9.83. The summed E-state index contributed by atoms with van der Waals surface area (Å²) < 4.78 is 5.27. The van der Waals surface area contributed by atoms with Gasteiger partial charge in [-0.3, -0.25) is 14.4 Å². The molecule has 1 aliphatic rings. The Kier molecular flexibility index (Phi) is 8.15. The van der Waals surface area contributed by atoms with Gasteiger partial charge < -0.3 is 20.5 Å². The van der Waals surface area contributed by atoms with Crippen molar-refractivity contribution in [2.75, 3.05) is 13.7 Å². The lowest BCUT2D eigenvalue weighted by Gasteiger charge is -2.25. The average molecular weight is 535 g/mol. The summed E-state index contributed by atoms with van der Waals surface area (Å²) in [7, 11) is 1.61. The molecule has 0 fully saturated rings. The number of methoxy groups -OCH3 is 1. The molecule has 0 saturated heterocycles. The number of carbonyl (C=O) groups excluding carboxylic acids is 3. The zero-order valence-electron chi connectivity index (χ0n) is 22.1. The maximum atomic E-state index is 13.4. The van der Waals surface area contributed by atoms with Crippen LogP contribution in [0.4, 0.5) is 0 Å². The lowest BCUT2D eigenvalue weighted by Crippen LogP contribution is -2.48. The number of benzene rings is 4. The summed E-state index contributed by atoms with van der Waals surface area (Å²) in [6.45, 7) is 0.756. The number of nitrogens with one attached hydrogen (secondary N) is 2. The zero-order valence-corrected chi connectivity index (χ0v) is 22.1. The number of aliphatic hydroxyl groups excluding tert-OH is 1. The summed E-state index contributed by atoms with van der Waals surface area (Å²) in [4.78, 5) is 39.5. The van der Waals surface area contributed by atoms with Crippen LogP contribution in [0.2, 0.25) is 0 Å². The maximum absolute atomic E-state index is 13.4. The first-order valence-electron chi connectivity index (χ1n) is 13.1. The highest BCUT2D eigenvalue weighted by Gasteiger charge is 2.30. The summed E-state index contributed by atoms with van der Waals surface area (Å²) in [6.07, 6.45) is -0.493. The fourth-order valence-electron chi connectivity index (χ4n) is 4.93. The predicted molar refractivity (Wildman–Crippen MR) is 152 cm³/mol. The first-order valence-corrected chi connectivity index (χ1v) is 13.1. The quantitative estimate of drug-likeness (QED) is 0.251. The number of amides is 1. The molecule has 0 saturated carbocycles. The Hall–Kier alpha value is -4.59. The van der Waals surface area contributed by atoms with Crippen molar-refractivity contribution in [1.29, 1.82) is 0 Å². The number of carbonyl (C=O) groups is 3. The van der Waals surface area contributed by atoms with Gasteiger partial charge in [0.25, 0.3) is 5.91 Å². The molecule has 0 aromatic heterocycles. The largest absolute Gasteiger partial charge is 0.497 e. The normalized spacial score (nSPS) is 13.7. The number of fused-ring (bicyclic) bond motifs is 2. The van der Waals surface area contributed by atoms with Gasteiger partial charge >= 0.3 is 0 Å². The minimum Gasteiger partial charge on any atom is -0.497 e. The van der Waals surface area contributed by atoms with Crippen LogP contribution in [0.5, 0.6) is 5.75 Å². The summed E-state index contributed by atoms with van der Waals surface area (Å²) in [5, 5.41) is 17.3. The maximum Gasteiger partial charge on any atom is 0.251 e. The van der Waals surface area contributed by atoms with Gasteiger partial charge in [-0.25, -0.2) is 0 Å². The Morgan fingerprint density at radius 2 is 1.43 bits per heavy atom. The molecule has 0 bridgehead atoms. The minimum absolute atomic E-state index is 0.205. The highest BCUT2D eigenvalue weighted by Crippen LogP contribution is 2.28. The van der Waals surface area contributed by atoms with E-state index in [0.717, 1.165) is 16.9 Å². The Morgan fingerprint density at radius 3 is 2.15 bits per heavy atom. The van der Waals surface area contributed by atoms with Crippen LogP contribution in [0.25, 0.3) is 0 Å². The third-order valence-electron chi connectivity index (χ3n) is 7.08. The fraction of sp³-hybridized carbons (Fsp3) is 0.182. The molecule has 7 heteroatoms. The van der Waals surface area contributed by atoms with Crippen molar-refractivity contribution in [3.8, 4) is 5.75 Å². The number of ether oxygens (including phenoxy) is 1. The monoisotopic (exact) mass is 534 g/mol. The second kappa shape index (κ2) is 12.1. The van der Waals surface area contributed by atoms with Gasteiger partial charge in [-0.15, -0.1) is 0 Å². The van der Waals surface area contributed by atoms with Gasteiger partial charge in [0.2, 0.25) is 0 Å². The molecule has 3 N–H and O–H groups in total. The van der Waals surface area contributed by atoms with Crippen LogP contribution in [-0.4, -0.2) is 48.4 Å². The standard InChI is InChI=1S/C33H30N2O5/c1-40-24-11-7-10-22(16-24)19-34-20-30(36)29(17-21-8-3-2-4-9-21)35-33(39)23-14-15-27-28(18-23)32(38)26-13-6-5-12-25(26)31(27)37/h2-16,18,29-30,34,36H,17,19-20H2,1H3,(H,35,39)/t29-,30-/m0/s1. The summed E-state index contributed by atoms with van der Waals surface area (Å²) >= 11 is 0. The van der Waals surface area contributed by atoms with E-state index >= 15 is 0 Å². The van der Waals surface area contributed by atoms with E-state index in [1.165, 1.54) is 12.1 Å². The van der Waals surface area contributed by atoms with Gasteiger partial charge in [-0.1, -0.05) is 66.7 Å². The number of rotatable bonds is 10. The molecule has 1 aliphatic carbocycles. The summed E-state index contributed by atoms with van der Waals surface area (Å²) in [6, 6.07) is 27.9. The Bertz CT molecular complexity index is 1550. The highest BCUT2D eigenvalue weighted by atomic mass is 16.5. The number of hydrogen-bond donors (Lipinski definition) is 3. The van der Waals surface area contributed by atoms with Gasteiger partial charge in [0.1, 0.15) is 5.75 Å². The van der Waals surface area contributed by atoms with Gasteiger partial charge in [0.15, 0.2) is 11.6 Å². The molecule has 0 heterocycles. The molecule has 1 amide bonds. The SMILES string of the molecule is COc1cccc(CNC[C@H](O)[C@H](Cc2ccccc2)NC(=O)c2ccc3c(c2)C(=O)c2ccccc2C3=O)c1. The Balaban J connectivity index is 1.32. The zero-order chi connectivity index (χ0) is 28.1. The van der Waals surface area contributed by atoms with E-state index in [2.05, 4.69) is 10.6 Å². The topological polar surface area (TPSA) is 105 Å². The van der Waals surface area contributed by atoms with Crippen molar-refractivity contribution >= 4 is 17.5 Å². The number of aliphatic hydroxyl groups is 1. The minimum atomic E-state index is -0.900. The molecule has 5 rings (SSSR count). The first-order chi connectivity index (χ1) is 19.4. The van der Waals surface area contributed by atoms with Gasteiger partial charge in [-0.2, -0.15) is 0 Å². The molecule has 0 radical (unpaired) electrons. The number of ketones is 2. The molecular weight excluding hydrogens is 504 g/mol. The fourth-order valence-corrected chi connectivity index (χ4v) is 4.93. The van der Waals surface area contributed by atoms with Crippen LogP contribution in [-0.2, 0) is 13.0 Å². The van der Waals surface area contributed by atoms with Crippen molar-refractivity contribution in [3.63, 3.8) is 0 Å². The second-order valence-corrected chi connectivity index (χ2v) is 9.78. The van der Waals surface area contributed by atoms with Crippen LogP contribution in [0.15, 0.2) is 97.1 Å². The van der Waals surface area contributed by atoms with Crippen molar-refractivity contribution in [3.05, 3.63) is 136 Å². The van der Waals surface area contributed by atoms with Crippen LogP contribution in [0, 0.1) is 0 Å². The third-order valence-corrected chi connectivity index (χ3v) is 7.08. The molecule has 0 unspecified atom stereocenters. The molecular formula is C33H30N2O5. The lowest BCUT2D eigenvalue weighted by molar-refractivity contribution is 0.0829. The van der Waals surface area contributed by atoms with E-state index < -0.39 is 18.1 Å². The van der Waals surface area contributed by atoms with E-state index in [4.69, 9.17) is 4.74 Å². The molecule has 2 atom stereocenters. The van der Waals surface area contributed by atoms with Gasteiger partial charge in [0, 0.05) is 40.9 Å². The van der Waals surface area contributed by atoms with Crippen molar-refractivity contribution < 1.29 is 24.2 Å². The highest BCUT2D eigenvalue weighted by molar-refractivity contribution is 6.28. The van der Waals surface area contributed by atoms with Crippen molar-refractivity contribution in [2.24, 2.45) is 0 Å².